The van der Waals surface area contributed by atoms with Crippen LogP contribution in [0.1, 0.15) is 25.1 Å². The Kier molecular flexibility index (Phi) is 3.80. The normalized spacial score (nSPS) is 12.1. The number of nitrogen functional groups attached to an aromatic ring is 1. The lowest BCUT2D eigenvalue weighted by molar-refractivity contribution is -0.137. The van der Waals surface area contributed by atoms with Gasteiger partial charge >= 0.3 is 6.18 Å². The lowest BCUT2D eigenvalue weighted by Crippen LogP contribution is -2.18. The highest BCUT2D eigenvalue weighted by molar-refractivity contribution is 5.43. The fraction of sp³-hybridized carbons (Fsp3) is 0.385. The van der Waals surface area contributed by atoms with E-state index in [4.69, 9.17) is 5.73 Å². The Balaban J connectivity index is 2.41. The molecule has 0 aliphatic carbocycles. The summed E-state index contributed by atoms with van der Waals surface area (Å²) in [5, 5.41) is 2.79. The number of nitrogens with zero attached hydrogens (tertiary/aromatic N) is 2. The van der Waals surface area contributed by atoms with Crippen LogP contribution in [-0.2, 0) is 12.6 Å². The number of H-pyrrole nitrogens is 1. The highest BCUT2D eigenvalue weighted by Gasteiger charge is 2.30. The second kappa shape index (κ2) is 5.27. The molecule has 3 N–H and O–H groups in total. The number of aromatic amines is 1. The number of pyridine rings is 1. The molecule has 0 atom stereocenters. The molecule has 21 heavy (non-hydrogen) atoms. The molecular formula is C13H15F3N4O. The van der Waals surface area contributed by atoms with Crippen molar-refractivity contribution in [3.8, 4) is 5.82 Å². The standard InChI is InChI=1S/C13H15F3N4O/c1-7(2)5-9-11(17)12(21)20(19-9)10-4-3-8(6-18-10)13(14,15)16/h3-4,6-7,19H,5,17H2,1-2H3. The van der Waals surface area contributed by atoms with E-state index in [1.165, 1.54) is 0 Å². The van der Waals surface area contributed by atoms with E-state index in [1.54, 1.807) is 0 Å². The zero-order chi connectivity index (χ0) is 15.8. The van der Waals surface area contributed by atoms with Gasteiger partial charge in [0.15, 0.2) is 5.82 Å². The molecule has 0 aliphatic rings. The van der Waals surface area contributed by atoms with Gasteiger partial charge in [-0.1, -0.05) is 13.8 Å². The first-order valence-corrected chi connectivity index (χ1v) is 6.33. The summed E-state index contributed by atoms with van der Waals surface area (Å²) in [6.07, 6.45) is -3.22. The van der Waals surface area contributed by atoms with Crippen LogP contribution < -0.4 is 11.3 Å². The molecule has 0 bridgehead atoms. The van der Waals surface area contributed by atoms with Gasteiger partial charge in [-0.05, 0) is 24.5 Å². The van der Waals surface area contributed by atoms with E-state index in [2.05, 4.69) is 10.1 Å². The number of alkyl halides is 3. The van der Waals surface area contributed by atoms with Crippen molar-refractivity contribution in [3.05, 3.63) is 39.9 Å². The smallest absolute Gasteiger partial charge is 0.393 e. The van der Waals surface area contributed by atoms with E-state index in [1.807, 2.05) is 13.8 Å². The third kappa shape index (κ3) is 3.09. The number of halogens is 3. The van der Waals surface area contributed by atoms with Crippen molar-refractivity contribution in [1.29, 1.82) is 0 Å². The van der Waals surface area contributed by atoms with Gasteiger partial charge in [0.2, 0.25) is 0 Å². The van der Waals surface area contributed by atoms with Crippen molar-refractivity contribution < 1.29 is 13.2 Å². The van der Waals surface area contributed by atoms with Gasteiger partial charge in [0.05, 0.1) is 11.3 Å². The van der Waals surface area contributed by atoms with Crippen LogP contribution in [0.5, 0.6) is 0 Å². The fourth-order valence-electron chi connectivity index (χ4n) is 1.91. The molecule has 2 rings (SSSR count). The summed E-state index contributed by atoms with van der Waals surface area (Å²) in [4.78, 5) is 15.7. The topological polar surface area (TPSA) is 76.7 Å². The van der Waals surface area contributed by atoms with Crippen LogP contribution in [0.15, 0.2) is 23.1 Å². The lowest BCUT2D eigenvalue weighted by atomic mass is 10.1. The minimum Gasteiger partial charge on any atom is -0.393 e. The average molecular weight is 300 g/mol. The third-order valence-electron chi connectivity index (χ3n) is 2.92. The minimum absolute atomic E-state index is 0.0606. The molecule has 0 unspecified atom stereocenters. The van der Waals surface area contributed by atoms with Crippen LogP contribution in [0, 0.1) is 5.92 Å². The summed E-state index contributed by atoms with van der Waals surface area (Å²) in [6.45, 7) is 3.93. The number of aromatic nitrogens is 3. The van der Waals surface area contributed by atoms with Crippen LogP contribution in [0.2, 0.25) is 0 Å². The molecule has 0 fully saturated rings. The van der Waals surface area contributed by atoms with E-state index in [0.717, 1.165) is 16.8 Å². The molecule has 0 radical (unpaired) electrons. The van der Waals surface area contributed by atoms with E-state index in [-0.39, 0.29) is 17.4 Å². The predicted molar refractivity (Wildman–Crippen MR) is 72.1 cm³/mol. The minimum atomic E-state index is -4.46. The largest absolute Gasteiger partial charge is 0.417 e. The van der Waals surface area contributed by atoms with Crippen molar-refractivity contribution in [2.24, 2.45) is 5.92 Å². The molecule has 0 amide bonds. The summed E-state index contributed by atoms with van der Waals surface area (Å²) in [5.41, 5.74) is 4.94. The summed E-state index contributed by atoms with van der Waals surface area (Å²) in [5.74, 6) is 0.342. The maximum absolute atomic E-state index is 12.5. The number of hydrogen-bond acceptors (Lipinski definition) is 3. The highest BCUT2D eigenvalue weighted by Crippen LogP contribution is 2.28. The van der Waals surface area contributed by atoms with Crippen molar-refractivity contribution >= 4 is 5.69 Å². The van der Waals surface area contributed by atoms with Crippen LogP contribution >= 0.6 is 0 Å². The van der Waals surface area contributed by atoms with E-state index in [9.17, 15) is 18.0 Å². The van der Waals surface area contributed by atoms with Crippen molar-refractivity contribution in [1.82, 2.24) is 14.8 Å². The lowest BCUT2D eigenvalue weighted by Gasteiger charge is -2.07. The van der Waals surface area contributed by atoms with Gasteiger partial charge in [-0.3, -0.25) is 9.89 Å². The molecule has 0 saturated carbocycles. The summed E-state index contributed by atoms with van der Waals surface area (Å²) in [7, 11) is 0. The van der Waals surface area contributed by atoms with Gasteiger partial charge in [-0.15, -0.1) is 0 Å². The van der Waals surface area contributed by atoms with Crippen LogP contribution in [0.3, 0.4) is 0 Å². The predicted octanol–water partition coefficient (Wildman–Crippen LogP) is 2.36. The summed E-state index contributed by atoms with van der Waals surface area (Å²) >= 11 is 0. The van der Waals surface area contributed by atoms with Gasteiger partial charge in [-0.2, -0.15) is 17.9 Å². The second-order valence-electron chi connectivity index (χ2n) is 5.15. The monoisotopic (exact) mass is 300 g/mol. The van der Waals surface area contributed by atoms with E-state index >= 15 is 0 Å². The first-order valence-electron chi connectivity index (χ1n) is 6.33. The Hall–Kier alpha value is -2.25. The first-order chi connectivity index (χ1) is 9.70. The van der Waals surface area contributed by atoms with Gasteiger partial charge in [0.1, 0.15) is 5.69 Å². The van der Waals surface area contributed by atoms with Crippen LogP contribution in [0.4, 0.5) is 18.9 Å². The molecule has 2 aromatic heterocycles. The molecule has 0 aliphatic heterocycles. The average Bonchev–Trinajstić information content (AvgIpc) is 2.66. The number of hydrogen-bond donors (Lipinski definition) is 2. The van der Waals surface area contributed by atoms with Gasteiger partial charge < -0.3 is 5.73 Å². The molecule has 0 saturated heterocycles. The Morgan fingerprint density at radius 1 is 1.38 bits per heavy atom. The Bertz CT molecular complexity index is 683. The van der Waals surface area contributed by atoms with Crippen molar-refractivity contribution in [2.45, 2.75) is 26.4 Å². The molecular weight excluding hydrogens is 285 g/mol. The van der Waals surface area contributed by atoms with E-state index < -0.39 is 17.3 Å². The third-order valence-corrected chi connectivity index (χ3v) is 2.92. The Morgan fingerprint density at radius 3 is 2.52 bits per heavy atom. The molecule has 114 valence electrons. The molecule has 5 nitrogen and oxygen atoms in total. The quantitative estimate of drug-likeness (QED) is 0.913. The second-order valence-corrected chi connectivity index (χ2v) is 5.15. The summed E-state index contributed by atoms with van der Waals surface area (Å²) in [6, 6.07) is 1.99. The zero-order valence-corrected chi connectivity index (χ0v) is 11.5. The highest BCUT2D eigenvalue weighted by atomic mass is 19.4. The van der Waals surface area contributed by atoms with Crippen molar-refractivity contribution in [3.63, 3.8) is 0 Å². The zero-order valence-electron chi connectivity index (χ0n) is 11.5. The van der Waals surface area contributed by atoms with Crippen LogP contribution in [0.25, 0.3) is 5.82 Å². The van der Waals surface area contributed by atoms with Gasteiger partial charge in [0, 0.05) is 6.20 Å². The Morgan fingerprint density at radius 2 is 2.05 bits per heavy atom. The number of anilines is 1. The maximum atomic E-state index is 12.5. The van der Waals surface area contributed by atoms with Crippen molar-refractivity contribution in [2.75, 3.05) is 5.73 Å². The molecule has 0 spiro atoms. The maximum Gasteiger partial charge on any atom is 0.417 e. The van der Waals surface area contributed by atoms with Crippen LogP contribution in [-0.4, -0.2) is 14.8 Å². The molecule has 0 aromatic carbocycles. The number of nitrogens with two attached hydrogens (primary N) is 1. The SMILES string of the molecule is CC(C)Cc1[nH]n(-c2ccc(C(F)(F)F)cn2)c(=O)c1N. The number of nitrogens with one attached hydrogen (secondary N) is 1. The van der Waals surface area contributed by atoms with E-state index in [0.29, 0.717) is 18.3 Å². The fourth-order valence-corrected chi connectivity index (χ4v) is 1.91. The number of rotatable bonds is 3. The molecule has 8 heteroatoms. The van der Waals surface area contributed by atoms with Gasteiger partial charge in [0.25, 0.3) is 5.56 Å². The van der Waals surface area contributed by atoms with Gasteiger partial charge in [-0.25, -0.2) is 4.98 Å². The summed E-state index contributed by atoms with van der Waals surface area (Å²) < 4.78 is 38.5. The molecule has 2 aromatic rings. The Labute approximate surface area is 118 Å². The first kappa shape index (κ1) is 15.1. The molecule has 2 heterocycles.